The van der Waals surface area contributed by atoms with Crippen molar-refractivity contribution in [1.82, 2.24) is 0 Å². The molecule has 0 bridgehead atoms. The van der Waals surface area contributed by atoms with Gasteiger partial charge in [-0.05, 0) is 41.5 Å². The molecular formula is C14H37N2O4P. The van der Waals surface area contributed by atoms with Crippen LogP contribution >= 0.6 is 7.82 Å². The summed E-state index contributed by atoms with van der Waals surface area (Å²) in [5, 5.41) is 0. The molecule has 0 aromatic carbocycles. The van der Waals surface area contributed by atoms with Crippen molar-refractivity contribution < 1.29 is 28.2 Å². The number of rotatable bonds is 6. The Hall–Kier alpha value is 0.0300. The van der Waals surface area contributed by atoms with E-state index >= 15 is 0 Å². The van der Waals surface area contributed by atoms with Crippen molar-refractivity contribution in [1.29, 1.82) is 0 Å². The molecule has 0 radical (unpaired) electrons. The summed E-state index contributed by atoms with van der Waals surface area (Å²) >= 11 is 0. The maximum absolute atomic E-state index is 8.66. The number of hydrogen-bond donors (Lipinski definition) is 1. The number of phosphoric acid groups is 1. The van der Waals surface area contributed by atoms with Crippen molar-refractivity contribution in [2.24, 2.45) is 0 Å². The number of nitrogens with zero attached hydrogens (tertiary/aromatic N) is 2. The normalized spacial score (nSPS) is 12.0. The highest BCUT2D eigenvalue weighted by Crippen LogP contribution is 2.11. The molecule has 0 saturated heterocycles. The van der Waals surface area contributed by atoms with E-state index in [9.17, 15) is 0 Å². The molecule has 0 aromatic heterocycles. The maximum Gasteiger partial charge on any atom is 0.0755 e. The molecule has 21 heavy (non-hydrogen) atoms. The molecule has 0 rings (SSSR count). The summed E-state index contributed by atoms with van der Waals surface area (Å²) in [4.78, 5) is 24.3. The first-order chi connectivity index (χ1) is 9.36. The average molecular weight is 328 g/mol. The van der Waals surface area contributed by atoms with Gasteiger partial charge in [0.15, 0.2) is 0 Å². The van der Waals surface area contributed by atoms with E-state index in [0.29, 0.717) is 0 Å². The van der Waals surface area contributed by atoms with E-state index in [1.807, 2.05) is 0 Å². The van der Waals surface area contributed by atoms with Crippen LogP contribution in [0.4, 0.5) is 0 Å². The molecule has 0 aliphatic rings. The predicted octanol–water partition coefficient (Wildman–Crippen LogP) is 0.793. The Balaban J connectivity index is -0.000000239. The van der Waals surface area contributed by atoms with Crippen LogP contribution in [0.3, 0.4) is 0 Å². The summed E-state index contributed by atoms with van der Waals surface area (Å²) in [6.45, 7) is 21.0. The lowest BCUT2D eigenvalue weighted by atomic mass is 10.4. The van der Waals surface area contributed by atoms with Gasteiger partial charge < -0.3 is 28.2 Å². The van der Waals surface area contributed by atoms with Gasteiger partial charge in [0.05, 0.1) is 61.2 Å². The van der Waals surface area contributed by atoms with Crippen LogP contribution in [0.5, 0.6) is 0 Å². The van der Waals surface area contributed by atoms with E-state index < -0.39 is 7.82 Å². The van der Waals surface area contributed by atoms with Crippen LogP contribution < -0.4 is 9.79 Å². The highest BCUT2D eigenvalue weighted by Gasteiger charge is 2.11. The standard InChI is InChI=1S/2C7H18N.H3O4P/c2*1-5-8(4,6-2)7-3;1-5(2,3)4/h2*5-7H2,1-4H3;(H3,1,2,3,4)/q2*+1;/p-2. The molecule has 0 unspecified atom stereocenters. The van der Waals surface area contributed by atoms with E-state index in [1.165, 1.54) is 48.2 Å². The van der Waals surface area contributed by atoms with Crippen molar-refractivity contribution >= 4 is 7.82 Å². The van der Waals surface area contributed by atoms with Crippen LogP contribution in [0.25, 0.3) is 0 Å². The van der Waals surface area contributed by atoms with Gasteiger partial charge in [-0.2, -0.15) is 0 Å². The highest BCUT2D eigenvalue weighted by atomic mass is 31.2. The summed E-state index contributed by atoms with van der Waals surface area (Å²) in [6.07, 6.45) is 0. The molecule has 132 valence electrons. The number of hydrogen-bond acceptors (Lipinski definition) is 3. The first-order valence-electron chi connectivity index (χ1n) is 7.78. The monoisotopic (exact) mass is 328 g/mol. The van der Waals surface area contributed by atoms with E-state index in [0.717, 1.165) is 0 Å². The third-order valence-corrected chi connectivity index (χ3v) is 4.58. The first kappa shape index (κ1) is 26.0. The first-order valence-corrected chi connectivity index (χ1v) is 9.28. The Morgan fingerprint density at radius 1 is 0.714 bits per heavy atom. The Labute approximate surface area is 131 Å². The molecule has 7 heteroatoms. The Bertz CT molecular complexity index is 231. The molecule has 0 aliphatic heterocycles. The van der Waals surface area contributed by atoms with Gasteiger partial charge in [-0.25, -0.2) is 0 Å². The summed E-state index contributed by atoms with van der Waals surface area (Å²) in [5.41, 5.74) is 0. The molecule has 0 aromatic rings. The lowest BCUT2D eigenvalue weighted by molar-refractivity contribution is -0.904. The van der Waals surface area contributed by atoms with Crippen LogP contribution in [0.1, 0.15) is 41.5 Å². The minimum Gasteiger partial charge on any atom is -0.790 e. The van der Waals surface area contributed by atoms with Gasteiger partial charge in [0.2, 0.25) is 0 Å². The fraction of sp³-hybridized carbons (Fsp3) is 1.00. The molecule has 0 saturated carbocycles. The summed E-state index contributed by atoms with van der Waals surface area (Å²) < 4.78 is 11.1. The Kier molecular flexibility index (Phi) is 15.5. The minimum atomic E-state index is -5.14. The van der Waals surface area contributed by atoms with Crippen molar-refractivity contribution in [3.8, 4) is 0 Å². The van der Waals surface area contributed by atoms with Crippen molar-refractivity contribution in [2.75, 3.05) is 53.4 Å². The van der Waals surface area contributed by atoms with Crippen molar-refractivity contribution in [3.63, 3.8) is 0 Å². The minimum absolute atomic E-state index is 1.21. The molecule has 0 spiro atoms. The van der Waals surface area contributed by atoms with Crippen LogP contribution in [-0.4, -0.2) is 67.2 Å². The lowest BCUT2D eigenvalue weighted by Crippen LogP contribution is -2.42. The van der Waals surface area contributed by atoms with E-state index in [-0.39, 0.29) is 0 Å². The van der Waals surface area contributed by atoms with Gasteiger partial charge in [-0.3, -0.25) is 0 Å². The van der Waals surface area contributed by atoms with Crippen molar-refractivity contribution in [3.05, 3.63) is 0 Å². The fourth-order valence-corrected chi connectivity index (χ4v) is 1.34. The zero-order valence-electron chi connectivity index (χ0n) is 15.3. The summed E-state index contributed by atoms with van der Waals surface area (Å²) in [6, 6.07) is 0. The summed E-state index contributed by atoms with van der Waals surface area (Å²) in [5.74, 6) is 0. The molecule has 0 fully saturated rings. The van der Waals surface area contributed by atoms with Crippen LogP contribution in [0.2, 0.25) is 0 Å². The fourth-order valence-electron chi connectivity index (χ4n) is 1.34. The SMILES string of the molecule is CC[N+](C)(CC)CC.CC[N+](C)(CC)CC.O=P([O-])([O-])O. The zero-order valence-corrected chi connectivity index (χ0v) is 16.2. The van der Waals surface area contributed by atoms with Crippen LogP contribution in [0.15, 0.2) is 0 Å². The van der Waals surface area contributed by atoms with Crippen LogP contribution in [0, 0.1) is 0 Å². The number of quaternary nitrogens is 2. The van der Waals surface area contributed by atoms with Gasteiger partial charge in [-0.15, -0.1) is 0 Å². The second kappa shape index (κ2) is 12.6. The van der Waals surface area contributed by atoms with Crippen LogP contribution in [-0.2, 0) is 4.57 Å². The molecule has 1 N–H and O–H groups in total. The predicted molar refractivity (Wildman–Crippen MR) is 85.4 cm³/mol. The van der Waals surface area contributed by atoms with E-state index in [1.54, 1.807) is 0 Å². The van der Waals surface area contributed by atoms with Gasteiger partial charge in [0.25, 0.3) is 0 Å². The average Bonchev–Trinajstić information content (AvgIpc) is 2.44. The van der Waals surface area contributed by atoms with E-state index in [4.69, 9.17) is 19.2 Å². The van der Waals surface area contributed by atoms with Crippen molar-refractivity contribution in [2.45, 2.75) is 41.5 Å². The highest BCUT2D eigenvalue weighted by molar-refractivity contribution is 7.42. The maximum atomic E-state index is 8.66. The zero-order chi connectivity index (χ0) is 17.7. The smallest absolute Gasteiger partial charge is 0.0755 e. The third kappa shape index (κ3) is 20.0. The molecule has 6 nitrogen and oxygen atoms in total. The second-order valence-electron chi connectivity index (χ2n) is 5.60. The van der Waals surface area contributed by atoms with E-state index in [2.05, 4.69) is 55.6 Å². The second-order valence-corrected chi connectivity index (χ2v) is 6.54. The quantitative estimate of drug-likeness (QED) is 0.577. The molecule has 0 atom stereocenters. The molecule has 0 aliphatic carbocycles. The molecule has 0 heterocycles. The third-order valence-electron chi connectivity index (χ3n) is 4.58. The summed E-state index contributed by atoms with van der Waals surface area (Å²) in [7, 11) is -0.556. The Morgan fingerprint density at radius 3 is 0.810 bits per heavy atom. The molecular weight excluding hydrogens is 291 g/mol. The van der Waals surface area contributed by atoms with Gasteiger partial charge in [0, 0.05) is 0 Å². The lowest BCUT2D eigenvalue weighted by Gasteiger charge is -2.30. The topological polar surface area (TPSA) is 83.4 Å². The largest absolute Gasteiger partial charge is 0.790 e. The van der Waals surface area contributed by atoms with Gasteiger partial charge >= 0.3 is 0 Å². The van der Waals surface area contributed by atoms with Gasteiger partial charge in [0.1, 0.15) is 0 Å². The Morgan fingerprint density at radius 2 is 0.810 bits per heavy atom. The molecule has 0 amide bonds. The van der Waals surface area contributed by atoms with Gasteiger partial charge in [-0.1, -0.05) is 0 Å².